The van der Waals surface area contributed by atoms with Crippen LogP contribution in [0, 0.1) is 18.3 Å². The molecule has 20 heavy (non-hydrogen) atoms. The van der Waals surface area contributed by atoms with Gasteiger partial charge < -0.3 is 22.4 Å². The van der Waals surface area contributed by atoms with E-state index in [1.54, 1.807) is 0 Å². The van der Waals surface area contributed by atoms with Gasteiger partial charge in [-0.25, -0.2) is 9.13 Å². The Morgan fingerprint density at radius 1 is 1.60 bits per heavy atom. The van der Waals surface area contributed by atoms with Crippen molar-refractivity contribution in [1.82, 2.24) is 4.57 Å². The first-order valence-electron chi connectivity index (χ1n) is 6.56. The first kappa shape index (κ1) is 16.5. The van der Waals surface area contributed by atoms with Gasteiger partial charge in [-0.2, -0.15) is 0 Å². The Labute approximate surface area is 125 Å². The molecule has 1 fully saturated rings. The second-order valence-corrected chi connectivity index (χ2v) is 4.87. The number of oxime groups is 1. The molecular weight excluding hydrogens is 278 g/mol. The Kier molecular flexibility index (Phi) is 6.56. The third-order valence-electron chi connectivity index (χ3n) is 3.64. The van der Waals surface area contributed by atoms with Crippen LogP contribution >= 0.6 is 0 Å². The molecule has 2 rings (SSSR count). The van der Waals surface area contributed by atoms with Crippen molar-refractivity contribution in [3.63, 3.8) is 0 Å². The van der Waals surface area contributed by atoms with E-state index in [-0.39, 0.29) is 24.4 Å². The Balaban J connectivity index is 0.00000200. The minimum atomic E-state index is 0. The van der Waals surface area contributed by atoms with Crippen LogP contribution in [0.4, 0.5) is 0 Å². The summed E-state index contributed by atoms with van der Waals surface area (Å²) in [5, 5.41) is 11.7. The zero-order valence-corrected chi connectivity index (χ0v) is 12.3. The molecule has 2 unspecified atom stereocenters. The second-order valence-electron chi connectivity index (χ2n) is 4.87. The lowest BCUT2D eigenvalue weighted by Gasteiger charge is -2.27. The van der Waals surface area contributed by atoms with E-state index >= 15 is 0 Å². The number of hydrogen-bond donors (Lipinski definition) is 1. The molecule has 2 atom stereocenters. The summed E-state index contributed by atoms with van der Waals surface area (Å²) in [4.78, 5) is 0. The van der Waals surface area contributed by atoms with Gasteiger partial charge in [-0.3, -0.25) is 0 Å². The standard InChI is InChI=1S/C14H19N3O2.ClH/c1-3-12-6-4-5-7-13(12)19-11-17-9-8-16(2)14(17)10-15-18;/h1,8-10,12-13H,4-7,11H2,2H3;1H. The second kappa shape index (κ2) is 7.93. The maximum absolute atomic E-state index is 8.66. The average Bonchev–Trinajstić information content (AvgIpc) is 2.78. The van der Waals surface area contributed by atoms with Gasteiger partial charge >= 0.3 is 5.82 Å². The minimum absolute atomic E-state index is 0. The molecule has 0 aliphatic heterocycles. The number of imidazole rings is 1. The summed E-state index contributed by atoms with van der Waals surface area (Å²) < 4.78 is 9.69. The van der Waals surface area contributed by atoms with E-state index in [2.05, 4.69) is 11.1 Å². The molecule has 0 bridgehead atoms. The molecule has 0 amide bonds. The smallest absolute Gasteiger partial charge is 0.305 e. The van der Waals surface area contributed by atoms with Gasteiger partial charge in [-0.05, 0) is 12.8 Å². The lowest BCUT2D eigenvalue weighted by Crippen LogP contribution is -3.00. The molecule has 0 spiro atoms. The molecule has 1 saturated carbocycles. The lowest BCUT2D eigenvalue weighted by atomic mass is 9.87. The zero-order valence-electron chi connectivity index (χ0n) is 11.6. The van der Waals surface area contributed by atoms with Crippen LogP contribution in [0.5, 0.6) is 0 Å². The largest absolute Gasteiger partial charge is 1.00 e. The molecule has 1 aromatic rings. The maximum Gasteiger partial charge on any atom is 0.305 e. The lowest BCUT2D eigenvalue weighted by molar-refractivity contribution is -0.672. The topological polar surface area (TPSA) is 50.6 Å². The maximum atomic E-state index is 8.66. The van der Waals surface area contributed by atoms with Gasteiger partial charge in [0, 0.05) is 5.92 Å². The molecule has 6 heteroatoms. The van der Waals surface area contributed by atoms with Crippen molar-refractivity contribution in [3.05, 3.63) is 18.2 Å². The highest BCUT2D eigenvalue weighted by molar-refractivity contribution is 5.72. The van der Waals surface area contributed by atoms with Gasteiger partial charge in [0.1, 0.15) is 12.4 Å². The molecule has 0 radical (unpaired) electrons. The Morgan fingerprint density at radius 2 is 2.35 bits per heavy atom. The first-order valence-corrected chi connectivity index (χ1v) is 6.56. The van der Waals surface area contributed by atoms with Gasteiger partial charge in [0.15, 0.2) is 12.9 Å². The van der Waals surface area contributed by atoms with E-state index in [9.17, 15) is 0 Å². The number of hydrogen-bond acceptors (Lipinski definition) is 3. The number of rotatable bonds is 4. The molecule has 1 aliphatic carbocycles. The summed E-state index contributed by atoms with van der Waals surface area (Å²) in [6, 6.07) is 0. The fourth-order valence-corrected chi connectivity index (χ4v) is 2.52. The molecule has 1 aliphatic rings. The van der Waals surface area contributed by atoms with Crippen LogP contribution in [0.1, 0.15) is 31.5 Å². The van der Waals surface area contributed by atoms with Crippen molar-refractivity contribution in [2.24, 2.45) is 18.1 Å². The first-order chi connectivity index (χ1) is 9.26. The Hall–Kier alpha value is -1.51. The third-order valence-corrected chi connectivity index (χ3v) is 3.64. The van der Waals surface area contributed by atoms with Crippen LogP contribution in [-0.4, -0.2) is 22.1 Å². The number of halogens is 1. The van der Waals surface area contributed by atoms with Crippen molar-refractivity contribution in [2.45, 2.75) is 38.5 Å². The molecule has 0 saturated heterocycles. The molecule has 5 nitrogen and oxygen atoms in total. The summed E-state index contributed by atoms with van der Waals surface area (Å²) in [7, 11) is 1.89. The van der Waals surface area contributed by atoms with Crippen LogP contribution in [0.2, 0.25) is 0 Å². The van der Waals surface area contributed by atoms with E-state index < -0.39 is 0 Å². The quantitative estimate of drug-likeness (QED) is 0.237. The molecule has 1 heterocycles. The predicted octanol–water partition coefficient (Wildman–Crippen LogP) is -1.71. The summed E-state index contributed by atoms with van der Waals surface area (Å²) in [6.45, 7) is 0.422. The van der Waals surface area contributed by atoms with Crippen molar-refractivity contribution in [2.75, 3.05) is 0 Å². The Bertz CT molecular complexity index is 493. The van der Waals surface area contributed by atoms with Gasteiger partial charge in [-0.1, -0.05) is 18.0 Å². The normalized spacial score (nSPS) is 22.4. The molecular formula is C14H20ClN3O2. The number of ether oxygens (including phenoxy) is 1. The van der Waals surface area contributed by atoms with Crippen molar-refractivity contribution < 1.29 is 26.9 Å². The minimum Gasteiger partial charge on any atom is -1.00 e. The van der Waals surface area contributed by atoms with Crippen molar-refractivity contribution in [3.8, 4) is 12.3 Å². The average molecular weight is 298 g/mol. The van der Waals surface area contributed by atoms with Crippen LogP contribution < -0.4 is 17.0 Å². The highest BCUT2D eigenvalue weighted by atomic mass is 35.5. The SMILES string of the molecule is C#CC1CCCCC1OCn1cc[n+](C)c1/C=N/O.[Cl-]. The molecule has 1 N–H and O–H groups in total. The molecule has 110 valence electrons. The van der Waals surface area contributed by atoms with Crippen molar-refractivity contribution >= 4 is 6.21 Å². The van der Waals surface area contributed by atoms with Crippen LogP contribution in [0.3, 0.4) is 0 Å². The fraction of sp³-hybridized carbons (Fsp3) is 0.571. The van der Waals surface area contributed by atoms with Crippen LogP contribution in [0.15, 0.2) is 17.5 Å². The van der Waals surface area contributed by atoms with Gasteiger partial charge in [0.2, 0.25) is 0 Å². The molecule has 0 aromatic carbocycles. The number of aryl methyl sites for hydroxylation is 1. The Morgan fingerprint density at radius 3 is 3.05 bits per heavy atom. The number of terminal acetylenes is 1. The number of aromatic nitrogens is 2. The van der Waals surface area contributed by atoms with Gasteiger partial charge in [0.25, 0.3) is 0 Å². The van der Waals surface area contributed by atoms with E-state index in [1.807, 2.05) is 28.6 Å². The third kappa shape index (κ3) is 3.75. The van der Waals surface area contributed by atoms with E-state index in [0.717, 1.165) is 18.7 Å². The van der Waals surface area contributed by atoms with E-state index in [1.165, 1.54) is 19.1 Å². The zero-order chi connectivity index (χ0) is 13.7. The van der Waals surface area contributed by atoms with Crippen molar-refractivity contribution in [1.29, 1.82) is 0 Å². The van der Waals surface area contributed by atoms with Gasteiger partial charge in [-0.15, -0.1) is 12.3 Å². The summed E-state index contributed by atoms with van der Waals surface area (Å²) in [5.74, 6) is 3.82. The molecule has 1 aromatic heterocycles. The highest BCUT2D eigenvalue weighted by Crippen LogP contribution is 2.26. The number of nitrogens with zero attached hydrogens (tertiary/aromatic N) is 3. The highest BCUT2D eigenvalue weighted by Gasteiger charge is 2.25. The summed E-state index contributed by atoms with van der Waals surface area (Å²) in [6.07, 6.45) is 15.3. The van der Waals surface area contributed by atoms with E-state index in [0.29, 0.717) is 6.73 Å². The summed E-state index contributed by atoms with van der Waals surface area (Å²) >= 11 is 0. The van der Waals surface area contributed by atoms with Gasteiger partial charge in [0.05, 0.1) is 13.2 Å². The van der Waals surface area contributed by atoms with E-state index in [4.69, 9.17) is 16.4 Å². The predicted molar refractivity (Wildman–Crippen MR) is 70.7 cm³/mol. The van der Waals surface area contributed by atoms with Crippen LogP contribution in [-0.2, 0) is 18.5 Å². The summed E-state index contributed by atoms with van der Waals surface area (Å²) in [5.41, 5.74) is 0. The van der Waals surface area contributed by atoms with Crippen LogP contribution in [0.25, 0.3) is 0 Å². The monoisotopic (exact) mass is 297 g/mol. The fourth-order valence-electron chi connectivity index (χ4n) is 2.52.